The fourth-order valence-corrected chi connectivity index (χ4v) is 2.10. The van der Waals surface area contributed by atoms with Crippen molar-refractivity contribution in [3.05, 3.63) is 11.9 Å². The number of carbonyl (C=O) groups excluding carboxylic acids is 1. The van der Waals surface area contributed by atoms with Crippen molar-refractivity contribution >= 4 is 22.7 Å². The topological polar surface area (TPSA) is 114 Å². The molecular formula is C9H14N4O4S. The second kappa shape index (κ2) is 6.24. The molecule has 0 aliphatic carbocycles. The number of carbonyl (C=O) groups is 2. The molecular weight excluding hydrogens is 260 g/mol. The smallest absolute Gasteiger partial charge is 0.325 e. The fourth-order valence-electron chi connectivity index (χ4n) is 1.31. The molecule has 0 aliphatic rings. The first-order valence-corrected chi connectivity index (χ1v) is 6.84. The highest BCUT2D eigenvalue weighted by atomic mass is 32.2. The van der Waals surface area contributed by atoms with E-state index in [0.717, 1.165) is 4.68 Å². The van der Waals surface area contributed by atoms with E-state index >= 15 is 0 Å². The lowest BCUT2D eigenvalue weighted by atomic mass is 10.3. The number of nitrogens with one attached hydrogen (secondary N) is 1. The molecule has 0 aromatic carbocycles. The largest absolute Gasteiger partial charge is 0.480 e. The predicted octanol–water partition coefficient (Wildman–Crippen LogP) is -1.14. The highest BCUT2D eigenvalue weighted by molar-refractivity contribution is 7.84. The number of amides is 1. The van der Waals surface area contributed by atoms with Gasteiger partial charge in [0.05, 0.1) is 6.20 Å². The van der Waals surface area contributed by atoms with Gasteiger partial charge in [0, 0.05) is 28.9 Å². The summed E-state index contributed by atoms with van der Waals surface area (Å²) in [5, 5.41) is 18.2. The summed E-state index contributed by atoms with van der Waals surface area (Å²) in [6, 6.07) is -0.257. The Morgan fingerprint density at radius 2 is 2.28 bits per heavy atom. The summed E-state index contributed by atoms with van der Waals surface area (Å²) < 4.78 is 12.0. The number of nitrogens with zero attached hydrogens (tertiary/aromatic N) is 3. The van der Waals surface area contributed by atoms with E-state index in [2.05, 4.69) is 15.6 Å². The molecule has 0 fully saturated rings. The Labute approximate surface area is 106 Å². The van der Waals surface area contributed by atoms with Crippen LogP contribution in [0.1, 0.15) is 17.4 Å². The maximum absolute atomic E-state index is 11.7. The summed E-state index contributed by atoms with van der Waals surface area (Å²) in [5.41, 5.74) is 0.0324. The van der Waals surface area contributed by atoms with Crippen molar-refractivity contribution in [2.24, 2.45) is 0 Å². The second-order valence-electron chi connectivity index (χ2n) is 3.81. The number of aliphatic carboxylic acids is 1. The maximum atomic E-state index is 11.7. The number of rotatable bonds is 6. The van der Waals surface area contributed by atoms with Crippen molar-refractivity contribution in [1.82, 2.24) is 20.3 Å². The van der Waals surface area contributed by atoms with Gasteiger partial charge in [-0.25, -0.2) is 4.68 Å². The van der Waals surface area contributed by atoms with Gasteiger partial charge in [-0.2, -0.15) is 0 Å². The number of aromatic nitrogens is 3. The monoisotopic (exact) mass is 274 g/mol. The summed E-state index contributed by atoms with van der Waals surface area (Å²) in [7, 11) is -1.00. The lowest BCUT2D eigenvalue weighted by Crippen LogP contribution is -2.36. The van der Waals surface area contributed by atoms with Crippen molar-refractivity contribution in [1.29, 1.82) is 0 Å². The zero-order valence-corrected chi connectivity index (χ0v) is 10.8. The van der Waals surface area contributed by atoms with Crippen LogP contribution in [0.2, 0.25) is 0 Å². The van der Waals surface area contributed by atoms with Crippen LogP contribution in [0.5, 0.6) is 0 Å². The van der Waals surface area contributed by atoms with E-state index < -0.39 is 22.7 Å². The minimum Gasteiger partial charge on any atom is -0.480 e. The maximum Gasteiger partial charge on any atom is 0.325 e. The van der Waals surface area contributed by atoms with E-state index in [9.17, 15) is 13.8 Å². The van der Waals surface area contributed by atoms with Gasteiger partial charge < -0.3 is 10.4 Å². The zero-order chi connectivity index (χ0) is 13.7. The molecule has 0 saturated carbocycles. The van der Waals surface area contributed by atoms with Crippen LogP contribution in [0.25, 0.3) is 0 Å². The molecule has 18 heavy (non-hydrogen) atoms. The van der Waals surface area contributed by atoms with Crippen molar-refractivity contribution in [2.45, 2.75) is 19.5 Å². The number of hydrogen-bond donors (Lipinski definition) is 2. The molecule has 0 aliphatic heterocycles. The van der Waals surface area contributed by atoms with Gasteiger partial charge in [0.2, 0.25) is 0 Å². The molecule has 0 saturated heterocycles. The van der Waals surface area contributed by atoms with Gasteiger partial charge in [-0.3, -0.25) is 13.8 Å². The van der Waals surface area contributed by atoms with Crippen LogP contribution in [0.15, 0.2) is 6.20 Å². The predicted molar refractivity (Wildman–Crippen MR) is 63.5 cm³/mol. The van der Waals surface area contributed by atoms with E-state index in [1.807, 2.05) is 0 Å². The molecule has 8 nitrogen and oxygen atoms in total. The van der Waals surface area contributed by atoms with Crippen LogP contribution in [-0.4, -0.2) is 54.2 Å². The minimum atomic E-state index is -1.07. The van der Waals surface area contributed by atoms with E-state index in [-0.39, 0.29) is 18.3 Å². The third kappa shape index (κ3) is 4.62. The Hall–Kier alpha value is -1.77. The number of carboxylic acid groups (broad SMARTS) is 1. The van der Waals surface area contributed by atoms with E-state index in [1.165, 1.54) is 6.20 Å². The number of hydrogen-bond acceptors (Lipinski definition) is 5. The molecule has 0 bridgehead atoms. The second-order valence-corrected chi connectivity index (χ2v) is 5.29. The van der Waals surface area contributed by atoms with Gasteiger partial charge in [0.1, 0.15) is 6.54 Å². The van der Waals surface area contributed by atoms with Crippen LogP contribution in [0, 0.1) is 0 Å². The molecule has 1 heterocycles. The van der Waals surface area contributed by atoms with Crippen LogP contribution in [0.4, 0.5) is 0 Å². The molecule has 1 aromatic rings. The first-order chi connectivity index (χ1) is 8.38. The lowest BCUT2D eigenvalue weighted by Gasteiger charge is -2.10. The van der Waals surface area contributed by atoms with Gasteiger partial charge in [0.25, 0.3) is 5.91 Å². The molecule has 0 radical (unpaired) electrons. The normalized spacial score (nSPS) is 13.9. The standard InChI is InChI=1S/C9H14N4O4S/c1-6(5-18(2)17)10-9(16)7-3-13(12-11-7)4-8(14)15/h3,6H,4-5H2,1-2H3,(H,10,16)(H,14,15). The van der Waals surface area contributed by atoms with Crippen LogP contribution in [-0.2, 0) is 22.1 Å². The quantitative estimate of drug-likeness (QED) is 0.677. The molecule has 2 atom stereocenters. The van der Waals surface area contributed by atoms with Crippen LogP contribution >= 0.6 is 0 Å². The van der Waals surface area contributed by atoms with Crippen LogP contribution < -0.4 is 5.32 Å². The van der Waals surface area contributed by atoms with Crippen molar-refractivity contribution in [3.8, 4) is 0 Å². The first kappa shape index (κ1) is 14.3. The molecule has 2 N–H and O–H groups in total. The zero-order valence-electron chi connectivity index (χ0n) is 9.99. The highest BCUT2D eigenvalue weighted by Gasteiger charge is 2.15. The van der Waals surface area contributed by atoms with Gasteiger partial charge in [0.15, 0.2) is 5.69 Å². The third-order valence-corrected chi connectivity index (χ3v) is 2.90. The molecule has 2 unspecified atom stereocenters. The summed E-state index contributed by atoms with van der Waals surface area (Å²) in [5.74, 6) is -1.19. The molecule has 1 rings (SSSR count). The molecule has 100 valence electrons. The first-order valence-electron chi connectivity index (χ1n) is 5.11. The SMILES string of the molecule is CC(CS(C)=O)NC(=O)c1cn(CC(=O)O)nn1. The fraction of sp³-hybridized carbons (Fsp3) is 0.556. The highest BCUT2D eigenvalue weighted by Crippen LogP contribution is 1.95. The van der Waals surface area contributed by atoms with Gasteiger partial charge in [-0.15, -0.1) is 5.10 Å². The Balaban J connectivity index is 2.59. The summed E-state index contributed by atoms with van der Waals surface area (Å²) in [4.78, 5) is 22.1. The molecule has 9 heteroatoms. The summed E-state index contributed by atoms with van der Waals surface area (Å²) in [6.07, 6.45) is 2.80. The van der Waals surface area contributed by atoms with Crippen LogP contribution in [0.3, 0.4) is 0 Å². The van der Waals surface area contributed by atoms with Crippen molar-refractivity contribution in [2.75, 3.05) is 12.0 Å². The average Bonchev–Trinajstić information content (AvgIpc) is 2.63. The van der Waals surface area contributed by atoms with E-state index in [1.54, 1.807) is 13.2 Å². The summed E-state index contributed by atoms with van der Waals surface area (Å²) in [6.45, 7) is 1.37. The Morgan fingerprint density at radius 3 is 2.83 bits per heavy atom. The molecule has 1 aromatic heterocycles. The lowest BCUT2D eigenvalue weighted by molar-refractivity contribution is -0.137. The van der Waals surface area contributed by atoms with Gasteiger partial charge >= 0.3 is 5.97 Å². The third-order valence-electron chi connectivity index (χ3n) is 1.93. The van der Waals surface area contributed by atoms with Crippen molar-refractivity contribution < 1.29 is 18.9 Å². The summed E-state index contributed by atoms with van der Waals surface area (Å²) >= 11 is 0. The Bertz CT molecular complexity index is 473. The van der Waals surface area contributed by atoms with E-state index in [4.69, 9.17) is 5.11 Å². The van der Waals surface area contributed by atoms with Gasteiger partial charge in [-0.05, 0) is 6.92 Å². The molecule has 0 spiro atoms. The average molecular weight is 274 g/mol. The number of carboxylic acids is 1. The Kier molecular flexibility index (Phi) is 4.95. The van der Waals surface area contributed by atoms with Gasteiger partial charge in [-0.1, -0.05) is 5.21 Å². The molecule has 1 amide bonds. The van der Waals surface area contributed by atoms with Crippen molar-refractivity contribution in [3.63, 3.8) is 0 Å². The minimum absolute atomic E-state index is 0.0324. The Morgan fingerprint density at radius 1 is 1.61 bits per heavy atom. The van der Waals surface area contributed by atoms with E-state index in [0.29, 0.717) is 5.75 Å².